The molecule has 1 fully saturated rings. The molecule has 1 heterocycles. The molecule has 3 heteroatoms. The maximum absolute atomic E-state index is 11.0. The fraction of sp³-hybridized carbons (Fsp3) is 0.400. The van der Waals surface area contributed by atoms with E-state index in [9.17, 15) is 5.11 Å². The summed E-state index contributed by atoms with van der Waals surface area (Å²) in [5.41, 5.74) is 0. The van der Waals surface area contributed by atoms with Gasteiger partial charge in [-0.3, -0.25) is 0 Å². The number of rotatable bonds is 5. The highest BCUT2D eigenvalue weighted by atomic mass is 28.3. The summed E-state index contributed by atoms with van der Waals surface area (Å²) >= 11 is 0. The van der Waals surface area contributed by atoms with Crippen molar-refractivity contribution in [3.05, 3.63) is 60.7 Å². The molecule has 1 aliphatic heterocycles. The van der Waals surface area contributed by atoms with E-state index in [1.807, 2.05) is 0 Å². The third-order valence-electron chi connectivity index (χ3n) is 5.46. The number of benzene rings is 2. The van der Waals surface area contributed by atoms with Gasteiger partial charge in [-0.2, -0.15) is 0 Å². The fourth-order valence-corrected chi connectivity index (χ4v) is 7.76. The predicted molar refractivity (Wildman–Crippen MR) is 100 cm³/mol. The van der Waals surface area contributed by atoms with Gasteiger partial charge >= 0.3 is 0 Å². The van der Waals surface area contributed by atoms with Crippen LogP contribution in [0, 0.1) is 0 Å². The molecule has 1 aliphatic rings. The minimum absolute atomic E-state index is 0.250. The standard InChI is InChI=1S/C20H27NOSi/c1-21-15-9-14-19(21)20(22)16-23(2,17-10-5-3-6-11-17)18-12-7-4-8-13-18/h3-8,10-13,19-20,22H,9,14-16H2,1-2H3/t19-,20+/m1/s1. The van der Waals surface area contributed by atoms with Crippen LogP contribution in [0.15, 0.2) is 60.7 Å². The van der Waals surface area contributed by atoms with Crippen molar-refractivity contribution in [1.82, 2.24) is 4.90 Å². The van der Waals surface area contributed by atoms with Gasteiger partial charge in [-0.1, -0.05) is 77.6 Å². The Morgan fingerprint density at radius 3 is 2.00 bits per heavy atom. The molecule has 122 valence electrons. The van der Waals surface area contributed by atoms with Crippen molar-refractivity contribution in [2.24, 2.45) is 0 Å². The molecule has 2 aromatic carbocycles. The topological polar surface area (TPSA) is 23.5 Å². The average Bonchev–Trinajstić information content (AvgIpc) is 3.02. The summed E-state index contributed by atoms with van der Waals surface area (Å²) in [4.78, 5) is 2.33. The van der Waals surface area contributed by atoms with Crippen LogP contribution in [0.2, 0.25) is 12.6 Å². The van der Waals surface area contributed by atoms with Crippen LogP contribution < -0.4 is 10.4 Å². The number of nitrogens with zero attached hydrogens (tertiary/aromatic N) is 1. The quantitative estimate of drug-likeness (QED) is 0.853. The van der Waals surface area contributed by atoms with Crippen LogP contribution >= 0.6 is 0 Å². The van der Waals surface area contributed by atoms with E-state index in [0.717, 1.165) is 19.0 Å². The molecule has 1 N–H and O–H groups in total. The lowest BCUT2D eigenvalue weighted by atomic mass is 10.1. The van der Waals surface area contributed by atoms with E-state index in [1.165, 1.54) is 16.8 Å². The van der Waals surface area contributed by atoms with E-state index in [2.05, 4.69) is 79.2 Å². The maximum Gasteiger partial charge on any atom is 0.117 e. The van der Waals surface area contributed by atoms with Gasteiger partial charge in [0.2, 0.25) is 0 Å². The second kappa shape index (κ2) is 6.99. The van der Waals surface area contributed by atoms with Crippen LogP contribution in [-0.4, -0.2) is 43.8 Å². The zero-order valence-corrected chi connectivity index (χ0v) is 15.2. The number of aliphatic hydroxyl groups is 1. The monoisotopic (exact) mass is 325 g/mol. The summed E-state index contributed by atoms with van der Waals surface area (Å²) in [6.45, 7) is 3.51. The predicted octanol–water partition coefficient (Wildman–Crippen LogP) is 2.33. The molecule has 0 radical (unpaired) electrons. The molecule has 0 amide bonds. The third-order valence-corrected chi connectivity index (χ3v) is 9.91. The van der Waals surface area contributed by atoms with Crippen molar-refractivity contribution >= 4 is 18.4 Å². The molecule has 0 spiro atoms. The maximum atomic E-state index is 11.0. The first-order valence-corrected chi connectivity index (χ1v) is 11.3. The van der Waals surface area contributed by atoms with Gasteiger partial charge in [-0.25, -0.2) is 0 Å². The molecule has 2 nitrogen and oxygen atoms in total. The largest absolute Gasteiger partial charge is 0.392 e. The van der Waals surface area contributed by atoms with Crippen LogP contribution in [0.25, 0.3) is 0 Å². The van der Waals surface area contributed by atoms with Gasteiger partial charge in [0.25, 0.3) is 0 Å². The number of aliphatic hydroxyl groups excluding tert-OH is 1. The SMILES string of the molecule is CN1CCC[C@@H]1[C@@H](O)C[Si](C)(c1ccccc1)c1ccccc1. The lowest BCUT2D eigenvalue weighted by Crippen LogP contribution is -2.58. The van der Waals surface area contributed by atoms with Crippen LogP contribution in [0.5, 0.6) is 0 Å². The van der Waals surface area contributed by atoms with Gasteiger partial charge in [0.05, 0.1) is 6.10 Å². The smallest absolute Gasteiger partial charge is 0.117 e. The van der Waals surface area contributed by atoms with Crippen molar-refractivity contribution < 1.29 is 5.11 Å². The normalized spacial score (nSPS) is 20.6. The molecule has 3 rings (SSSR count). The zero-order valence-electron chi connectivity index (χ0n) is 14.2. The highest BCUT2D eigenvalue weighted by Crippen LogP contribution is 2.24. The lowest BCUT2D eigenvalue weighted by Gasteiger charge is -2.34. The fourth-order valence-electron chi connectivity index (χ4n) is 3.99. The molecular formula is C20H27NOSi. The van der Waals surface area contributed by atoms with Gasteiger partial charge in [-0.05, 0) is 32.5 Å². The van der Waals surface area contributed by atoms with Gasteiger partial charge in [-0.15, -0.1) is 0 Å². The number of hydrogen-bond donors (Lipinski definition) is 1. The molecule has 2 atom stereocenters. The molecule has 2 aromatic rings. The second-order valence-electron chi connectivity index (χ2n) is 7.03. The lowest BCUT2D eigenvalue weighted by molar-refractivity contribution is 0.1000. The van der Waals surface area contributed by atoms with E-state index in [0.29, 0.717) is 6.04 Å². The summed E-state index contributed by atoms with van der Waals surface area (Å²) in [7, 11) is 0.205. The number of likely N-dealkylation sites (N-methyl/N-ethyl adjacent to an activating group) is 1. The molecule has 1 saturated heterocycles. The molecule has 0 saturated carbocycles. The van der Waals surface area contributed by atoms with Gasteiger partial charge < -0.3 is 10.0 Å². The summed E-state index contributed by atoms with van der Waals surface area (Å²) in [6, 6.07) is 22.8. The summed E-state index contributed by atoms with van der Waals surface area (Å²) in [6.07, 6.45) is 2.07. The molecule has 0 aliphatic carbocycles. The Kier molecular flexibility index (Phi) is 5.00. The highest BCUT2D eigenvalue weighted by molar-refractivity contribution is 7.01. The van der Waals surface area contributed by atoms with E-state index in [1.54, 1.807) is 0 Å². The minimum Gasteiger partial charge on any atom is -0.392 e. The van der Waals surface area contributed by atoms with E-state index in [4.69, 9.17) is 0 Å². The summed E-state index contributed by atoms with van der Waals surface area (Å²) in [5, 5.41) is 13.8. The average molecular weight is 326 g/mol. The molecular weight excluding hydrogens is 298 g/mol. The van der Waals surface area contributed by atoms with Crippen molar-refractivity contribution in [2.45, 2.75) is 37.6 Å². The third kappa shape index (κ3) is 3.42. The highest BCUT2D eigenvalue weighted by Gasteiger charge is 2.38. The Morgan fingerprint density at radius 2 is 1.57 bits per heavy atom. The molecule has 0 aromatic heterocycles. The van der Waals surface area contributed by atoms with Crippen LogP contribution in [-0.2, 0) is 0 Å². The Morgan fingerprint density at radius 1 is 1.04 bits per heavy atom. The van der Waals surface area contributed by atoms with E-state index >= 15 is 0 Å². The van der Waals surface area contributed by atoms with Crippen LogP contribution in [0.4, 0.5) is 0 Å². The van der Waals surface area contributed by atoms with Gasteiger partial charge in [0, 0.05) is 6.04 Å². The van der Waals surface area contributed by atoms with Crippen molar-refractivity contribution in [2.75, 3.05) is 13.6 Å². The summed E-state index contributed by atoms with van der Waals surface area (Å²) < 4.78 is 0. The zero-order chi connectivity index (χ0) is 16.3. The molecule has 0 unspecified atom stereocenters. The van der Waals surface area contributed by atoms with Crippen molar-refractivity contribution in [3.8, 4) is 0 Å². The number of hydrogen-bond acceptors (Lipinski definition) is 2. The first-order chi connectivity index (χ1) is 11.1. The Labute approximate surface area is 140 Å². The van der Waals surface area contributed by atoms with Crippen molar-refractivity contribution in [3.63, 3.8) is 0 Å². The molecule has 23 heavy (non-hydrogen) atoms. The van der Waals surface area contributed by atoms with Crippen molar-refractivity contribution in [1.29, 1.82) is 0 Å². The number of likely N-dealkylation sites (tertiary alicyclic amines) is 1. The van der Waals surface area contributed by atoms with Crippen LogP contribution in [0.3, 0.4) is 0 Å². The Balaban J connectivity index is 1.93. The van der Waals surface area contributed by atoms with Crippen LogP contribution in [0.1, 0.15) is 12.8 Å². The van der Waals surface area contributed by atoms with E-state index in [-0.39, 0.29) is 6.10 Å². The van der Waals surface area contributed by atoms with Gasteiger partial charge in [0.1, 0.15) is 8.07 Å². The van der Waals surface area contributed by atoms with Gasteiger partial charge in [0.15, 0.2) is 0 Å². The first kappa shape index (κ1) is 16.4. The Bertz CT molecular complexity index is 577. The second-order valence-corrected chi connectivity index (χ2v) is 11.3. The summed E-state index contributed by atoms with van der Waals surface area (Å²) in [5.74, 6) is 0. The minimum atomic E-state index is -1.94. The van der Waals surface area contributed by atoms with E-state index < -0.39 is 8.07 Å². The Hall–Kier alpha value is -1.42. The molecule has 0 bridgehead atoms. The first-order valence-electron chi connectivity index (χ1n) is 8.60.